The van der Waals surface area contributed by atoms with E-state index in [0.29, 0.717) is 6.61 Å². The normalized spacial score (nSPS) is 30.2. The van der Waals surface area contributed by atoms with E-state index >= 15 is 0 Å². The minimum absolute atomic E-state index is 0. The monoisotopic (exact) mass is 176 g/mol. The molecular formula is C7H13ClN2O. The van der Waals surface area contributed by atoms with Crippen LogP contribution in [-0.2, 0) is 4.74 Å². The Morgan fingerprint density at radius 3 is 2.73 bits per heavy atom. The van der Waals surface area contributed by atoms with Gasteiger partial charge in [-0.25, -0.2) is 0 Å². The van der Waals surface area contributed by atoms with Gasteiger partial charge >= 0.3 is 0 Å². The van der Waals surface area contributed by atoms with Gasteiger partial charge in [0.2, 0.25) is 0 Å². The first-order chi connectivity index (χ1) is 4.83. The summed E-state index contributed by atoms with van der Waals surface area (Å²) in [7, 11) is 0. The summed E-state index contributed by atoms with van der Waals surface area (Å²) in [5.41, 5.74) is -0.405. The summed E-state index contributed by atoms with van der Waals surface area (Å²) >= 11 is 0. The van der Waals surface area contributed by atoms with Crippen molar-refractivity contribution in [1.29, 1.82) is 5.26 Å². The zero-order valence-electron chi connectivity index (χ0n) is 6.59. The van der Waals surface area contributed by atoms with Crippen molar-refractivity contribution < 1.29 is 4.74 Å². The Balaban J connectivity index is 0.000001000. The molecule has 1 saturated heterocycles. The second kappa shape index (κ2) is 4.55. The van der Waals surface area contributed by atoms with Crippen molar-refractivity contribution in [3.05, 3.63) is 0 Å². The van der Waals surface area contributed by atoms with Crippen LogP contribution in [-0.4, -0.2) is 25.3 Å². The van der Waals surface area contributed by atoms with Gasteiger partial charge in [-0.3, -0.25) is 5.32 Å². The number of morpholine rings is 1. The molecule has 1 unspecified atom stereocenters. The number of halogens is 1. The van der Waals surface area contributed by atoms with Crippen LogP contribution in [0.2, 0.25) is 0 Å². The summed E-state index contributed by atoms with van der Waals surface area (Å²) in [6.07, 6.45) is 0.809. The maximum Gasteiger partial charge on any atom is 0.130 e. The van der Waals surface area contributed by atoms with Crippen molar-refractivity contribution in [2.75, 3.05) is 19.8 Å². The molecule has 1 heterocycles. The van der Waals surface area contributed by atoms with Crippen LogP contribution >= 0.6 is 12.4 Å². The van der Waals surface area contributed by atoms with E-state index in [1.165, 1.54) is 0 Å². The van der Waals surface area contributed by atoms with Crippen LogP contribution < -0.4 is 5.32 Å². The molecule has 64 valence electrons. The van der Waals surface area contributed by atoms with Crippen molar-refractivity contribution >= 4 is 12.4 Å². The largest absolute Gasteiger partial charge is 0.377 e. The molecule has 0 aliphatic carbocycles. The molecule has 0 saturated carbocycles. The molecule has 11 heavy (non-hydrogen) atoms. The van der Waals surface area contributed by atoms with Gasteiger partial charge in [-0.15, -0.1) is 12.4 Å². The molecule has 1 atom stereocenters. The summed E-state index contributed by atoms with van der Waals surface area (Å²) in [6.45, 7) is 4.04. The van der Waals surface area contributed by atoms with Gasteiger partial charge in [-0.05, 0) is 6.42 Å². The van der Waals surface area contributed by atoms with Crippen LogP contribution in [0.5, 0.6) is 0 Å². The summed E-state index contributed by atoms with van der Waals surface area (Å²) in [6, 6.07) is 2.23. The molecular weight excluding hydrogens is 164 g/mol. The summed E-state index contributed by atoms with van der Waals surface area (Å²) < 4.78 is 5.18. The number of nitrogens with one attached hydrogen (secondary N) is 1. The van der Waals surface area contributed by atoms with Gasteiger partial charge in [0.05, 0.1) is 19.3 Å². The molecule has 0 aromatic heterocycles. The van der Waals surface area contributed by atoms with Crippen LogP contribution in [0.4, 0.5) is 0 Å². The Hall–Kier alpha value is -0.300. The van der Waals surface area contributed by atoms with E-state index in [1.807, 2.05) is 6.92 Å². The quantitative estimate of drug-likeness (QED) is 0.640. The predicted molar refractivity (Wildman–Crippen MR) is 44.7 cm³/mol. The van der Waals surface area contributed by atoms with E-state index in [1.54, 1.807) is 0 Å². The fourth-order valence-electron chi connectivity index (χ4n) is 1.04. The van der Waals surface area contributed by atoms with Crippen LogP contribution in [0.15, 0.2) is 0 Å². The van der Waals surface area contributed by atoms with Gasteiger partial charge in [-0.1, -0.05) is 6.92 Å². The van der Waals surface area contributed by atoms with Gasteiger partial charge < -0.3 is 4.74 Å². The van der Waals surface area contributed by atoms with Crippen LogP contribution in [0, 0.1) is 11.3 Å². The van der Waals surface area contributed by atoms with Crippen molar-refractivity contribution in [2.24, 2.45) is 0 Å². The highest BCUT2D eigenvalue weighted by atomic mass is 35.5. The molecule has 1 aliphatic rings. The van der Waals surface area contributed by atoms with Crippen molar-refractivity contribution in [2.45, 2.75) is 18.9 Å². The average molecular weight is 177 g/mol. The Bertz CT molecular complexity index is 149. The van der Waals surface area contributed by atoms with Crippen molar-refractivity contribution in [3.8, 4) is 6.07 Å². The fraction of sp³-hybridized carbons (Fsp3) is 0.857. The lowest BCUT2D eigenvalue weighted by molar-refractivity contribution is 0.0495. The molecule has 0 aromatic rings. The molecule has 1 aliphatic heterocycles. The van der Waals surface area contributed by atoms with Crippen molar-refractivity contribution in [1.82, 2.24) is 5.32 Å². The maximum atomic E-state index is 8.75. The third kappa shape index (κ3) is 2.33. The third-order valence-corrected chi connectivity index (χ3v) is 1.88. The van der Waals surface area contributed by atoms with Crippen LogP contribution in [0.25, 0.3) is 0 Å². The number of hydrogen-bond donors (Lipinski definition) is 1. The van der Waals surface area contributed by atoms with E-state index < -0.39 is 5.54 Å². The van der Waals surface area contributed by atoms with Gasteiger partial charge in [0.15, 0.2) is 0 Å². The standard InChI is InChI=1S/C7H12N2O.ClH/c1-2-7(5-8)6-10-4-3-9-7;/h9H,2-4,6H2,1H3;1H. The molecule has 1 fully saturated rings. The Labute approximate surface area is 73.1 Å². The second-order valence-electron chi connectivity index (χ2n) is 2.53. The second-order valence-corrected chi connectivity index (χ2v) is 2.53. The highest BCUT2D eigenvalue weighted by Gasteiger charge is 2.29. The molecule has 1 N–H and O–H groups in total. The SMILES string of the molecule is CCC1(C#N)COCCN1.Cl. The smallest absolute Gasteiger partial charge is 0.130 e. The fourth-order valence-corrected chi connectivity index (χ4v) is 1.04. The minimum Gasteiger partial charge on any atom is -0.377 e. The van der Waals surface area contributed by atoms with Gasteiger partial charge in [0.25, 0.3) is 0 Å². The minimum atomic E-state index is -0.405. The van der Waals surface area contributed by atoms with Gasteiger partial charge in [0.1, 0.15) is 5.54 Å². The predicted octanol–water partition coefficient (Wildman–Crippen LogP) is 0.700. The number of nitrogens with zero attached hydrogens (tertiary/aromatic N) is 1. The van der Waals surface area contributed by atoms with Gasteiger partial charge in [0, 0.05) is 6.54 Å². The number of nitriles is 1. The van der Waals surface area contributed by atoms with E-state index in [0.717, 1.165) is 19.6 Å². The lowest BCUT2D eigenvalue weighted by Gasteiger charge is -2.30. The Kier molecular flexibility index (Phi) is 4.43. The molecule has 1 rings (SSSR count). The van der Waals surface area contributed by atoms with E-state index in [2.05, 4.69) is 11.4 Å². The lowest BCUT2D eigenvalue weighted by Crippen LogP contribution is -2.52. The molecule has 0 amide bonds. The summed E-state index contributed by atoms with van der Waals surface area (Å²) in [5.74, 6) is 0. The highest BCUT2D eigenvalue weighted by Crippen LogP contribution is 2.11. The van der Waals surface area contributed by atoms with E-state index in [-0.39, 0.29) is 12.4 Å². The van der Waals surface area contributed by atoms with E-state index in [9.17, 15) is 0 Å². The average Bonchev–Trinajstić information content (AvgIpc) is 2.06. The Morgan fingerprint density at radius 1 is 1.73 bits per heavy atom. The first-order valence-electron chi connectivity index (χ1n) is 3.57. The molecule has 0 aromatic carbocycles. The van der Waals surface area contributed by atoms with Crippen molar-refractivity contribution in [3.63, 3.8) is 0 Å². The van der Waals surface area contributed by atoms with E-state index in [4.69, 9.17) is 10.00 Å². The maximum absolute atomic E-state index is 8.75. The number of rotatable bonds is 1. The topological polar surface area (TPSA) is 45.0 Å². The molecule has 3 nitrogen and oxygen atoms in total. The third-order valence-electron chi connectivity index (χ3n) is 1.88. The molecule has 0 bridgehead atoms. The number of hydrogen-bond acceptors (Lipinski definition) is 3. The number of ether oxygens (including phenoxy) is 1. The lowest BCUT2D eigenvalue weighted by atomic mass is 9.98. The molecule has 4 heteroatoms. The summed E-state index contributed by atoms with van der Waals surface area (Å²) in [4.78, 5) is 0. The van der Waals surface area contributed by atoms with Crippen LogP contribution in [0.3, 0.4) is 0 Å². The molecule has 0 spiro atoms. The highest BCUT2D eigenvalue weighted by molar-refractivity contribution is 5.85. The zero-order valence-corrected chi connectivity index (χ0v) is 7.41. The zero-order chi connectivity index (χ0) is 7.45. The summed E-state index contributed by atoms with van der Waals surface area (Å²) in [5, 5.41) is 11.9. The first-order valence-corrected chi connectivity index (χ1v) is 3.57. The van der Waals surface area contributed by atoms with Gasteiger partial charge in [-0.2, -0.15) is 5.26 Å². The van der Waals surface area contributed by atoms with Crippen LogP contribution in [0.1, 0.15) is 13.3 Å². The first kappa shape index (κ1) is 10.7. The Morgan fingerprint density at radius 2 is 2.45 bits per heavy atom. The molecule has 0 radical (unpaired) electrons.